The monoisotopic (exact) mass is 372 g/mol. The number of hydrogen-bond donors (Lipinski definition) is 0. The number of hydrogen-bond acceptors (Lipinski definition) is 4. The summed E-state index contributed by atoms with van der Waals surface area (Å²) in [6, 6.07) is 13.8. The Morgan fingerprint density at radius 2 is 1.35 bits per heavy atom. The molecule has 136 valence electrons. The normalized spacial score (nSPS) is 24.0. The summed E-state index contributed by atoms with van der Waals surface area (Å²) in [4.78, 5) is 16.4. The van der Waals surface area contributed by atoms with Crippen molar-refractivity contribution in [2.75, 3.05) is 28.4 Å². The minimum absolute atomic E-state index is 0.00998. The topological polar surface area (TPSA) is 66.9 Å². The third kappa shape index (κ3) is 2.72. The van der Waals surface area contributed by atoms with E-state index in [-0.39, 0.29) is 29.6 Å². The molecule has 6 nitrogen and oxygen atoms in total. The van der Waals surface area contributed by atoms with E-state index in [9.17, 15) is 13.2 Å². The van der Waals surface area contributed by atoms with Crippen molar-refractivity contribution in [3.63, 3.8) is 0 Å². The van der Waals surface area contributed by atoms with Gasteiger partial charge in [0.2, 0.25) is 0 Å². The predicted molar refractivity (Wildman–Crippen MR) is 101 cm³/mol. The number of anilines is 2. The number of carbonyl (C=O) groups excluding carboxylic acids is 1. The second-order valence-electron chi connectivity index (χ2n) is 6.77. The molecule has 2 fully saturated rings. The van der Waals surface area contributed by atoms with Crippen LogP contribution < -0.4 is 14.5 Å². The summed E-state index contributed by atoms with van der Waals surface area (Å²) >= 11 is 0. The molecule has 0 aliphatic carbocycles. The summed E-state index contributed by atoms with van der Waals surface area (Å²) < 4.78 is 29.7. The number of carbonyl (C=O) groups is 1. The van der Waals surface area contributed by atoms with E-state index in [0.29, 0.717) is 11.4 Å². The fourth-order valence-corrected chi connectivity index (χ4v) is 5.67. The van der Waals surface area contributed by atoms with E-state index in [2.05, 4.69) is 0 Å². The molecule has 2 aromatic rings. The number of sulfone groups is 1. The lowest BCUT2D eigenvalue weighted by Gasteiger charge is -2.23. The van der Waals surface area contributed by atoms with Crippen LogP contribution in [0.3, 0.4) is 0 Å². The first-order valence-corrected chi connectivity index (χ1v) is 10.3. The van der Waals surface area contributed by atoms with E-state index in [4.69, 9.17) is 4.74 Å². The van der Waals surface area contributed by atoms with E-state index in [1.807, 2.05) is 31.2 Å². The maximum absolute atomic E-state index is 13.2. The molecule has 26 heavy (non-hydrogen) atoms. The highest BCUT2D eigenvalue weighted by atomic mass is 32.2. The fraction of sp³-hybridized carbons (Fsp3) is 0.316. The molecular formula is C19H20N2O4S. The molecule has 2 aliphatic rings. The third-order valence-corrected chi connectivity index (χ3v) is 6.73. The second kappa shape index (κ2) is 6.02. The number of amides is 2. The molecule has 0 bridgehead atoms. The quantitative estimate of drug-likeness (QED) is 0.777. The van der Waals surface area contributed by atoms with Crippen LogP contribution in [0.25, 0.3) is 0 Å². The number of fused-ring (bicyclic) bond motifs is 1. The molecule has 7 heteroatoms. The van der Waals surface area contributed by atoms with Crippen LogP contribution in [-0.4, -0.2) is 45.1 Å². The van der Waals surface area contributed by atoms with Crippen molar-refractivity contribution >= 4 is 27.2 Å². The summed E-state index contributed by atoms with van der Waals surface area (Å²) in [6.45, 7) is 1.97. The van der Waals surface area contributed by atoms with Crippen LogP contribution in [0.15, 0.2) is 48.5 Å². The average molecular weight is 372 g/mol. The largest absolute Gasteiger partial charge is 0.497 e. The van der Waals surface area contributed by atoms with Crippen LogP contribution in [0.4, 0.5) is 16.2 Å². The van der Waals surface area contributed by atoms with Crippen molar-refractivity contribution in [3.05, 3.63) is 54.1 Å². The van der Waals surface area contributed by atoms with Crippen molar-refractivity contribution < 1.29 is 17.9 Å². The summed E-state index contributed by atoms with van der Waals surface area (Å²) in [5.74, 6) is 0.660. The molecular weight excluding hydrogens is 352 g/mol. The molecule has 2 amide bonds. The van der Waals surface area contributed by atoms with Crippen LogP contribution in [-0.2, 0) is 9.84 Å². The molecule has 0 spiro atoms. The van der Waals surface area contributed by atoms with Gasteiger partial charge in [-0.25, -0.2) is 13.2 Å². The number of aryl methyl sites for hydroxylation is 1. The van der Waals surface area contributed by atoms with Gasteiger partial charge >= 0.3 is 6.03 Å². The zero-order chi connectivity index (χ0) is 18.5. The summed E-state index contributed by atoms with van der Waals surface area (Å²) in [5, 5.41) is 0. The van der Waals surface area contributed by atoms with E-state index in [0.717, 1.165) is 11.3 Å². The van der Waals surface area contributed by atoms with E-state index >= 15 is 0 Å². The SMILES string of the molecule is COc1ccc(N2C(=O)N(c3ccc(C)cc3)[C@H]3CS(=O)(=O)C[C@H]32)cc1. The Balaban J connectivity index is 1.77. The molecule has 0 radical (unpaired) electrons. The molecule has 2 heterocycles. The van der Waals surface area contributed by atoms with Crippen molar-refractivity contribution in [2.45, 2.75) is 19.0 Å². The summed E-state index contributed by atoms with van der Waals surface area (Å²) in [7, 11) is -1.61. The predicted octanol–water partition coefficient (Wildman–Crippen LogP) is 2.62. The standard InChI is InChI=1S/C19H20N2O4S/c1-13-3-5-14(6-4-13)20-17-11-26(23,24)12-18(17)21(19(20)22)15-7-9-16(25-2)10-8-15/h3-10,17-18H,11-12H2,1-2H3/t17-,18+/m0/s1. The summed E-state index contributed by atoms with van der Waals surface area (Å²) in [6.07, 6.45) is 0. The molecule has 2 aliphatic heterocycles. The molecule has 0 unspecified atom stereocenters. The van der Waals surface area contributed by atoms with Crippen molar-refractivity contribution in [1.29, 1.82) is 0 Å². The van der Waals surface area contributed by atoms with Gasteiger partial charge in [0.15, 0.2) is 9.84 Å². The lowest BCUT2D eigenvalue weighted by molar-refractivity contribution is 0.255. The first-order valence-electron chi connectivity index (χ1n) is 8.43. The lowest BCUT2D eigenvalue weighted by atomic mass is 10.1. The van der Waals surface area contributed by atoms with Gasteiger partial charge in [0.25, 0.3) is 0 Å². The lowest BCUT2D eigenvalue weighted by Crippen LogP contribution is -2.37. The molecule has 2 aromatic carbocycles. The smallest absolute Gasteiger partial charge is 0.329 e. The minimum Gasteiger partial charge on any atom is -0.497 e. The van der Waals surface area contributed by atoms with Crippen LogP contribution in [0.2, 0.25) is 0 Å². The fourth-order valence-electron chi connectivity index (χ4n) is 3.76. The number of ether oxygens (including phenoxy) is 1. The van der Waals surface area contributed by atoms with Gasteiger partial charge in [-0.3, -0.25) is 9.80 Å². The van der Waals surface area contributed by atoms with Crippen LogP contribution in [0.5, 0.6) is 5.75 Å². The third-order valence-electron chi connectivity index (χ3n) is 5.03. The maximum Gasteiger partial charge on any atom is 0.329 e. The van der Waals surface area contributed by atoms with Gasteiger partial charge in [-0.1, -0.05) is 17.7 Å². The van der Waals surface area contributed by atoms with Gasteiger partial charge in [-0.15, -0.1) is 0 Å². The Morgan fingerprint density at radius 1 is 0.885 bits per heavy atom. The van der Waals surface area contributed by atoms with Gasteiger partial charge in [0.1, 0.15) is 5.75 Å². The van der Waals surface area contributed by atoms with Crippen LogP contribution >= 0.6 is 0 Å². The number of rotatable bonds is 3. The number of nitrogens with zero attached hydrogens (tertiary/aromatic N) is 2. The molecule has 2 saturated heterocycles. The Hall–Kier alpha value is -2.54. The highest BCUT2D eigenvalue weighted by Crippen LogP contribution is 2.38. The van der Waals surface area contributed by atoms with Crippen LogP contribution in [0.1, 0.15) is 5.56 Å². The highest BCUT2D eigenvalue weighted by molar-refractivity contribution is 7.91. The van der Waals surface area contributed by atoms with E-state index < -0.39 is 9.84 Å². The Morgan fingerprint density at radius 3 is 1.81 bits per heavy atom. The Kier molecular flexibility index (Phi) is 3.91. The maximum atomic E-state index is 13.2. The number of benzene rings is 2. The van der Waals surface area contributed by atoms with E-state index in [1.54, 1.807) is 41.2 Å². The second-order valence-corrected chi connectivity index (χ2v) is 8.92. The van der Waals surface area contributed by atoms with Gasteiger partial charge in [0, 0.05) is 11.4 Å². The number of methoxy groups -OCH3 is 1. The van der Waals surface area contributed by atoms with Crippen molar-refractivity contribution in [3.8, 4) is 5.75 Å². The van der Waals surface area contributed by atoms with E-state index in [1.165, 1.54) is 0 Å². The Bertz CT molecular complexity index is 939. The van der Waals surface area contributed by atoms with Gasteiger partial charge in [-0.2, -0.15) is 0 Å². The molecule has 0 aromatic heterocycles. The zero-order valence-corrected chi connectivity index (χ0v) is 15.4. The summed E-state index contributed by atoms with van der Waals surface area (Å²) in [5.41, 5.74) is 2.49. The van der Waals surface area contributed by atoms with Gasteiger partial charge in [-0.05, 0) is 43.3 Å². The van der Waals surface area contributed by atoms with Gasteiger partial charge in [0.05, 0.1) is 30.7 Å². The van der Waals surface area contributed by atoms with Crippen LogP contribution in [0, 0.1) is 6.92 Å². The zero-order valence-electron chi connectivity index (χ0n) is 14.6. The average Bonchev–Trinajstić information content (AvgIpc) is 3.05. The highest BCUT2D eigenvalue weighted by Gasteiger charge is 2.54. The first-order chi connectivity index (χ1) is 12.4. The minimum atomic E-state index is -3.19. The molecule has 4 rings (SSSR count). The molecule has 0 saturated carbocycles. The molecule has 2 atom stereocenters. The number of urea groups is 1. The van der Waals surface area contributed by atoms with Gasteiger partial charge < -0.3 is 4.74 Å². The molecule has 0 N–H and O–H groups in total. The Labute approximate surface area is 152 Å². The van der Waals surface area contributed by atoms with Crippen molar-refractivity contribution in [1.82, 2.24) is 0 Å². The first kappa shape index (κ1) is 16.9. The van der Waals surface area contributed by atoms with Crippen molar-refractivity contribution in [2.24, 2.45) is 0 Å².